The van der Waals surface area contributed by atoms with E-state index in [1.54, 1.807) is 7.05 Å². The Hall–Kier alpha value is -3.45. The maximum absolute atomic E-state index is 12.9. The third kappa shape index (κ3) is 4.35. The fourth-order valence-corrected chi connectivity index (χ4v) is 3.32. The van der Waals surface area contributed by atoms with E-state index in [0.29, 0.717) is 16.5 Å². The van der Waals surface area contributed by atoms with Crippen LogP contribution in [0.4, 0.5) is 5.69 Å². The maximum Gasteiger partial charge on any atom is 0.226 e. The molecule has 4 aromatic rings. The summed E-state index contributed by atoms with van der Waals surface area (Å²) in [5.41, 5.74) is 2.37. The smallest absolute Gasteiger partial charge is 0.226 e. The summed E-state index contributed by atoms with van der Waals surface area (Å²) in [6, 6.07) is 18.7. The van der Waals surface area contributed by atoms with Crippen molar-refractivity contribution in [1.29, 1.82) is 0 Å². The van der Waals surface area contributed by atoms with Crippen LogP contribution in [0.5, 0.6) is 0 Å². The van der Waals surface area contributed by atoms with E-state index in [-0.39, 0.29) is 18.4 Å². The van der Waals surface area contributed by atoms with Gasteiger partial charge in [-0.25, -0.2) is 0 Å². The zero-order valence-corrected chi connectivity index (χ0v) is 16.5. The molecule has 0 aliphatic rings. The number of aryl methyl sites for hydroxylation is 1. The molecular weight excluding hydrogens is 388 g/mol. The van der Waals surface area contributed by atoms with Gasteiger partial charge in [0.2, 0.25) is 11.7 Å². The van der Waals surface area contributed by atoms with Gasteiger partial charge < -0.3 is 9.88 Å². The third-order valence-electron chi connectivity index (χ3n) is 4.57. The van der Waals surface area contributed by atoms with Crippen molar-refractivity contribution in [3.05, 3.63) is 83.6 Å². The molecule has 7 nitrogen and oxygen atoms in total. The number of nitrogens with one attached hydrogen (secondary N) is 1. The number of halogens is 1. The highest BCUT2D eigenvalue weighted by atomic mass is 35.5. The molecule has 2 aromatic carbocycles. The highest BCUT2D eigenvalue weighted by molar-refractivity contribution is 6.30. The van der Waals surface area contributed by atoms with E-state index in [2.05, 4.69) is 20.7 Å². The predicted octanol–water partition coefficient (Wildman–Crippen LogP) is 3.95. The van der Waals surface area contributed by atoms with Crippen LogP contribution in [0, 0.1) is 0 Å². The van der Waals surface area contributed by atoms with Crippen LogP contribution in [0.25, 0.3) is 11.4 Å². The van der Waals surface area contributed by atoms with Crippen molar-refractivity contribution in [3.63, 3.8) is 0 Å². The molecule has 1 amide bonds. The average Bonchev–Trinajstić information content (AvgIpc) is 3.39. The Bertz CT molecular complexity index is 1100. The molecular formula is C21H19ClN6O. The predicted molar refractivity (Wildman–Crippen MR) is 112 cm³/mol. The second kappa shape index (κ2) is 8.28. The number of hydrogen-bond donors (Lipinski definition) is 1. The fourth-order valence-electron chi connectivity index (χ4n) is 3.19. The van der Waals surface area contributed by atoms with Crippen molar-refractivity contribution in [2.75, 3.05) is 5.32 Å². The topological polar surface area (TPSA) is 77.6 Å². The van der Waals surface area contributed by atoms with Gasteiger partial charge in [0.15, 0.2) is 0 Å². The number of nitrogens with zero attached hydrogens (tertiary/aromatic N) is 5. The van der Waals surface area contributed by atoms with Crippen LogP contribution in [0.2, 0.25) is 5.02 Å². The van der Waals surface area contributed by atoms with Crippen molar-refractivity contribution in [3.8, 4) is 11.4 Å². The van der Waals surface area contributed by atoms with E-state index in [4.69, 9.17) is 11.6 Å². The molecule has 4 rings (SSSR count). The number of hydrogen-bond acceptors (Lipinski definition) is 4. The molecule has 2 aromatic heterocycles. The highest BCUT2D eigenvalue weighted by Gasteiger charge is 2.19. The number of amides is 1. The number of carbonyl (C=O) groups excluding carboxylic acids is 1. The number of rotatable bonds is 6. The van der Waals surface area contributed by atoms with Gasteiger partial charge in [-0.15, -0.1) is 10.2 Å². The van der Waals surface area contributed by atoms with Crippen LogP contribution in [0.3, 0.4) is 0 Å². The Morgan fingerprint density at radius 1 is 1.07 bits per heavy atom. The quantitative estimate of drug-likeness (QED) is 0.526. The number of benzene rings is 2. The second-order valence-electron chi connectivity index (χ2n) is 6.60. The molecule has 0 spiro atoms. The Morgan fingerprint density at radius 3 is 2.48 bits per heavy atom. The summed E-state index contributed by atoms with van der Waals surface area (Å²) in [6.07, 6.45) is 4.16. The van der Waals surface area contributed by atoms with Crippen LogP contribution < -0.4 is 5.32 Å². The van der Waals surface area contributed by atoms with Gasteiger partial charge in [0.05, 0.1) is 25.2 Å². The van der Waals surface area contributed by atoms with Gasteiger partial charge in [-0.2, -0.15) is 4.80 Å². The first-order chi connectivity index (χ1) is 14.1. The van der Waals surface area contributed by atoms with E-state index in [9.17, 15) is 4.79 Å². The molecule has 0 saturated carbocycles. The molecule has 1 N–H and O–H groups in total. The molecule has 1 atom stereocenters. The minimum absolute atomic E-state index is 0.116. The van der Waals surface area contributed by atoms with Gasteiger partial charge in [0.1, 0.15) is 0 Å². The normalized spacial score (nSPS) is 11.9. The Labute approximate surface area is 172 Å². The maximum atomic E-state index is 12.9. The molecule has 1 unspecified atom stereocenters. The number of aromatic nitrogens is 5. The minimum atomic E-state index is -0.149. The van der Waals surface area contributed by atoms with E-state index in [1.165, 1.54) is 4.80 Å². The van der Waals surface area contributed by atoms with Gasteiger partial charge in [-0.1, -0.05) is 35.9 Å². The van der Waals surface area contributed by atoms with Crippen molar-refractivity contribution in [2.45, 2.75) is 12.5 Å². The van der Waals surface area contributed by atoms with Gasteiger partial charge in [-0.3, -0.25) is 4.79 Å². The van der Waals surface area contributed by atoms with E-state index in [0.717, 1.165) is 11.1 Å². The first-order valence-corrected chi connectivity index (χ1v) is 9.49. The lowest BCUT2D eigenvalue weighted by molar-refractivity contribution is -0.116. The SMILES string of the molecule is Cn1nnc(-c2ccccc2NC(=O)CC(c2ccc(Cl)cc2)n2cccc2)n1. The van der Waals surface area contributed by atoms with Gasteiger partial charge in [-0.05, 0) is 47.2 Å². The lowest BCUT2D eigenvalue weighted by atomic mass is 10.0. The van der Waals surface area contributed by atoms with Crippen LogP contribution in [0.15, 0.2) is 73.1 Å². The standard InChI is InChI=1S/C21H19ClN6O/c1-27-25-21(24-26-27)17-6-2-3-7-18(17)23-20(29)14-19(28-12-4-5-13-28)15-8-10-16(22)11-9-15/h2-13,19H,14H2,1H3,(H,23,29). The fraction of sp³-hybridized carbons (Fsp3) is 0.143. The van der Waals surface area contributed by atoms with Gasteiger partial charge in [0.25, 0.3) is 0 Å². The number of carbonyl (C=O) groups is 1. The average molecular weight is 407 g/mol. The molecule has 0 aliphatic carbocycles. The van der Waals surface area contributed by atoms with Crippen molar-refractivity contribution in [2.24, 2.45) is 7.05 Å². The monoisotopic (exact) mass is 406 g/mol. The summed E-state index contributed by atoms with van der Waals surface area (Å²) < 4.78 is 2.01. The molecule has 0 saturated heterocycles. The van der Waals surface area contributed by atoms with Gasteiger partial charge >= 0.3 is 0 Å². The first kappa shape index (κ1) is 18.9. The number of anilines is 1. The van der Waals surface area contributed by atoms with Crippen LogP contribution in [0.1, 0.15) is 18.0 Å². The molecule has 0 bridgehead atoms. The molecule has 8 heteroatoms. The summed E-state index contributed by atoms with van der Waals surface area (Å²) in [5.74, 6) is 0.345. The molecule has 29 heavy (non-hydrogen) atoms. The lowest BCUT2D eigenvalue weighted by Gasteiger charge is -2.20. The van der Waals surface area contributed by atoms with Crippen LogP contribution in [-0.4, -0.2) is 30.7 Å². The molecule has 146 valence electrons. The Morgan fingerprint density at radius 2 is 1.79 bits per heavy atom. The molecule has 2 heterocycles. The molecule has 0 radical (unpaired) electrons. The third-order valence-corrected chi connectivity index (χ3v) is 4.82. The summed E-state index contributed by atoms with van der Waals surface area (Å²) in [6.45, 7) is 0. The summed E-state index contributed by atoms with van der Waals surface area (Å²) in [4.78, 5) is 14.3. The zero-order valence-electron chi connectivity index (χ0n) is 15.7. The van der Waals surface area contributed by atoms with Crippen LogP contribution >= 0.6 is 11.6 Å². The first-order valence-electron chi connectivity index (χ1n) is 9.11. The molecule has 0 fully saturated rings. The van der Waals surface area contributed by atoms with E-state index < -0.39 is 0 Å². The lowest BCUT2D eigenvalue weighted by Crippen LogP contribution is -2.20. The Balaban J connectivity index is 1.57. The van der Waals surface area contributed by atoms with Crippen LogP contribution in [-0.2, 0) is 11.8 Å². The zero-order chi connectivity index (χ0) is 20.2. The summed E-state index contributed by atoms with van der Waals surface area (Å²) in [7, 11) is 1.70. The van der Waals surface area contributed by atoms with E-state index >= 15 is 0 Å². The molecule has 0 aliphatic heterocycles. The van der Waals surface area contributed by atoms with E-state index in [1.807, 2.05) is 77.6 Å². The minimum Gasteiger partial charge on any atom is -0.346 e. The van der Waals surface area contributed by atoms with Crippen molar-refractivity contribution >= 4 is 23.2 Å². The summed E-state index contributed by atoms with van der Waals surface area (Å²) in [5, 5.41) is 15.8. The number of tetrazole rings is 1. The highest BCUT2D eigenvalue weighted by Crippen LogP contribution is 2.27. The Kier molecular flexibility index (Phi) is 5.39. The second-order valence-corrected chi connectivity index (χ2v) is 7.03. The largest absolute Gasteiger partial charge is 0.346 e. The van der Waals surface area contributed by atoms with Gasteiger partial charge in [0, 0.05) is 23.0 Å². The van der Waals surface area contributed by atoms with Crippen molar-refractivity contribution in [1.82, 2.24) is 24.8 Å². The summed E-state index contributed by atoms with van der Waals surface area (Å²) >= 11 is 6.03. The number of para-hydroxylation sites is 1. The van der Waals surface area contributed by atoms with Crippen molar-refractivity contribution < 1.29 is 4.79 Å².